The normalized spacial score (nSPS) is 23.4. The first kappa shape index (κ1) is 24.1. The lowest BCUT2D eigenvalue weighted by Gasteiger charge is -2.28. The summed E-state index contributed by atoms with van der Waals surface area (Å²) in [4.78, 5) is 16.5. The Morgan fingerprint density at radius 3 is 2.57 bits per heavy atom. The quantitative estimate of drug-likeness (QED) is 0.297. The summed E-state index contributed by atoms with van der Waals surface area (Å²) < 4.78 is 0. The maximum absolute atomic E-state index is 10.1. The average Bonchev–Trinajstić information content (AvgIpc) is 3.68. The van der Waals surface area contributed by atoms with Gasteiger partial charge in [-0.2, -0.15) is 0 Å². The van der Waals surface area contributed by atoms with Gasteiger partial charge in [0.15, 0.2) is 0 Å². The molecule has 1 aliphatic heterocycles. The Hall–Kier alpha value is -3.29. The van der Waals surface area contributed by atoms with Crippen LogP contribution < -0.4 is 15.5 Å². The highest BCUT2D eigenvalue weighted by atomic mass is 16.3. The molecule has 4 aromatic rings. The van der Waals surface area contributed by atoms with Crippen molar-refractivity contribution in [1.29, 1.82) is 0 Å². The first-order chi connectivity index (χ1) is 18.0. The fourth-order valence-corrected chi connectivity index (χ4v) is 5.90. The van der Waals surface area contributed by atoms with Gasteiger partial charge in [0.05, 0.1) is 17.3 Å². The molecule has 7 nitrogen and oxygen atoms in total. The first-order valence-electron chi connectivity index (χ1n) is 13.5. The summed E-state index contributed by atoms with van der Waals surface area (Å²) in [5.74, 6) is 3.67. The van der Waals surface area contributed by atoms with E-state index in [1.165, 1.54) is 32.1 Å². The van der Waals surface area contributed by atoms with E-state index in [1.54, 1.807) is 6.07 Å². The van der Waals surface area contributed by atoms with Crippen molar-refractivity contribution in [3.63, 3.8) is 0 Å². The monoisotopic (exact) mass is 496 g/mol. The summed E-state index contributed by atoms with van der Waals surface area (Å²) in [6.07, 6.45) is 6.35. The largest absolute Gasteiger partial charge is 0.506 e. The van der Waals surface area contributed by atoms with Crippen LogP contribution in [0.4, 0.5) is 5.82 Å². The van der Waals surface area contributed by atoms with E-state index < -0.39 is 0 Å². The fraction of sp³-hybridized carbons (Fsp3) is 0.433. The SMILES string of the molecule is CN(C)c1nc(C2NC2CC2CCC(CNCc3ccc4cccc(O)c4n3)CC2)nc2ccccc12. The standard InChI is InChI=1S/C30H36N6O/c1-36(2)30-23-7-3-4-8-24(23)34-29(35-30)28-25(33-28)16-19-10-12-20(13-11-19)17-31-18-22-15-14-21-6-5-9-26(37)27(21)32-22/h3-9,14-15,19-20,25,28,31,33,37H,10-13,16-18H2,1-2H3. The zero-order chi connectivity index (χ0) is 25.4. The van der Waals surface area contributed by atoms with Gasteiger partial charge in [-0.3, -0.25) is 0 Å². The van der Waals surface area contributed by atoms with Gasteiger partial charge in [-0.15, -0.1) is 0 Å². The summed E-state index contributed by atoms with van der Waals surface area (Å²) in [6, 6.07) is 18.7. The van der Waals surface area contributed by atoms with Gasteiger partial charge in [-0.05, 0) is 61.9 Å². The molecule has 2 aromatic carbocycles. The molecule has 2 fully saturated rings. The summed E-state index contributed by atoms with van der Waals surface area (Å²) in [6.45, 7) is 1.76. The van der Waals surface area contributed by atoms with Crippen LogP contribution in [0.3, 0.4) is 0 Å². The highest BCUT2D eigenvalue weighted by Crippen LogP contribution is 2.39. The molecular weight excluding hydrogens is 460 g/mol. The Morgan fingerprint density at radius 1 is 0.919 bits per heavy atom. The maximum atomic E-state index is 10.1. The van der Waals surface area contributed by atoms with Crippen LogP contribution in [0.15, 0.2) is 54.6 Å². The molecule has 2 atom stereocenters. The maximum Gasteiger partial charge on any atom is 0.149 e. The predicted molar refractivity (Wildman–Crippen MR) is 149 cm³/mol. The second-order valence-electron chi connectivity index (χ2n) is 11.0. The number of nitrogens with one attached hydrogen (secondary N) is 2. The molecule has 37 heavy (non-hydrogen) atoms. The molecule has 2 aliphatic rings. The third kappa shape index (κ3) is 5.24. The van der Waals surface area contributed by atoms with Crippen molar-refractivity contribution >= 4 is 27.6 Å². The molecular formula is C30H36N6O. The summed E-state index contributed by atoms with van der Waals surface area (Å²) in [7, 11) is 4.10. The van der Waals surface area contributed by atoms with Crippen LogP contribution in [0.2, 0.25) is 0 Å². The average molecular weight is 497 g/mol. The number of aromatic nitrogens is 3. The Labute approximate surface area is 218 Å². The minimum absolute atomic E-state index is 0.246. The molecule has 3 N–H and O–H groups in total. The molecule has 1 aliphatic carbocycles. The number of aromatic hydroxyl groups is 1. The van der Waals surface area contributed by atoms with Crippen molar-refractivity contribution in [2.24, 2.45) is 11.8 Å². The molecule has 3 heterocycles. The van der Waals surface area contributed by atoms with E-state index in [2.05, 4.69) is 38.7 Å². The molecule has 0 radical (unpaired) electrons. The van der Waals surface area contributed by atoms with Crippen molar-refractivity contribution in [2.75, 3.05) is 25.5 Å². The Kier molecular flexibility index (Phi) is 6.65. The molecule has 6 rings (SSSR count). The number of fused-ring (bicyclic) bond motifs is 2. The molecule has 0 amide bonds. The number of rotatable bonds is 8. The van der Waals surface area contributed by atoms with Gasteiger partial charge in [-0.25, -0.2) is 15.0 Å². The Bertz CT molecular complexity index is 1400. The van der Waals surface area contributed by atoms with Gasteiger partial charge in [0.25, 0.3) is 0 Å². The van der Waals surface area contributed by atoms with E-state index in [-0.39, 0.29) is 11.8 Å². The number of phenolic OH excluding ortho intramolecular Hbond substituents is 1. The summed E-state index contributed by atoms with van der Waals surface area (Å²) in [5.41, 5.74) is 2.68. The van der Waals surface area contributed by atoms with Crippen LogP contribution in [0.1, 0.15) is 49.7 Å². The van der Waals surface area contributed by atoms with Gasteiger partial charge < -0.3 is 20.6 Å². The second-order valence-corrected chi connectivity index (χ2v) is 11.0. The Morgan fingerprint density at radius 2 is 1.73 bits per heavy atom. The van der Waals surface area contributed by atoms with Crippen molar-refractivity contribution < 1.29 is 5.11 Å². The predicted octanol–water partition coefficient (Wildman–Crippen LogP) is 4.95. The van der Waals surface area contributed by atoms with Crippen LogP contribution in [0.5, 0.6) is 5.75 Å². The fourth-order valence-electron chi connectivity index (χ4n) is 5.90. The number of hydrogen-bond donors (Lipinski definition) is 3. The van der Waals surface area contributed by atoms with E-state index in [0.717, 1.165) is 58.6 Å². The minimum Gasteiger partial charge on any atom is -0.506 e. The molecule has 7 heteroatoms. The van der Waals surface area contributed by atoms with E-state index in [9.17, 15) is 5.11 Å². The molecule has 2 aromatic heterocycles. The lowest BCUT2D eigenvalue weighted by molar-refractivity contribution is 0.255. The minimum atomic E-state index is 0.246. The lowest BCUT2D eigenvalue weighted by Crippen LogP contribution is -2.27. The van der Waals surface area contributed by atoms with Crippen LogP contribution in [0.25, 0.3) is 21.8 Å². The van der Waals surface area contributed by atoms with Gasteiger partial charge in [0.1, 0.15) is 22.9 Å². The number of benzene rings is 2. The number of pyridine rings is 1. The third-order valence-corrected chi connectivity index (χ3v) is 8.04. The van der Waals surface area contributed by atoms with Crippen molar-refractivity contribution in [2.45, 2.75) is 50.7 Å². The number of hydrogen-bond acceptors (Lipinski definition) is 7. The molecule has 1 saturated carbocycles. The number of para-hydroxylation sites is 2. The highest BCUT2D eigenvalue weighted by molar-refractivity contribution is 5.89. The van der Waals surface area contributed by atoms with E-state index >= 15 is 0 Å². The van der Waals surface area contributed by atoms with Gasteiger partial charge in [-0.1, -0.05) is 43.2 Å². The molecule has 0 bridgehead atoms. The van der Waals surface area contributed by atoms with Crippen molar-refractivity contribution in [1.82, 2.24) is 25.6 Å². The van der Waals surface area contributed by atoms with Gasteiger partial charge in [0.2, 0.25) is 0 Å². The van der Waals surface area contributed by atoms with E-state index in [0.29, 0.717) is 11.6 Å². The summed E-state index contributed by atoms with van der Waals surface area (Å²) in [5, 5.41) is 19.4. The molecule has 0 spiro atoms. The summed E-state index contributed by atoms with van der Waals surface area (Å²) >= 11 is 0. The van der Waals surface area contributed by atoms with Crippen LogP contribution in [-0.4, -0.2) is 46.7 Å². The van der Waals surface area contributed by atoms with Crippen molar-refractivity contribution in [3.05, 3.63) is 66.1 Å². The van der Waals surface area contributed by atoms with E-state index in [1.807, 2.05) is 44.4 Å². The first-order valence-corrected chi connectivity index (χ1v) is 13.5. The lowest BCUT2D eigenvalue weighted by atomic mass is 9.79. The zero-order valence-electron chi connectivity index (χ0n) is 21.7. The number of phenols is 1. The highest BCUT2D eigenvalue weighted by Gasteiger charge is 2.42. The second kappa shape index (κ2) is 10.2. The molecule has 2 unspecified atom stereocenters. The zero-order valence-corrected chi connectivity index (χ0v) is 21.7. The number of nitrogens with zero attached hydrogens (tertiary/aromatic N) is 4. The van der Waals surface area contributed by atoms with E-state index in [4.69, 9.17) is 9.97 Å². The number of anilines is 1. The molecule has 1 saturated heterocycles. The van der Waals surface area contributed by atoms with Crippen LogP contribution in [-0.2, 0) is 6.54 Å². The topological polar surface area (TPSA) is 96.1 Å². The van der Waals surface area contributed by atoms with Gasteiger partial charge >= 0.3 is 0 Å². The van der Waals surface area contributed by atoms with Crippen LogP contribution in [0, 0.1) is 11.8 Å². The molecule has 192 valence electrons. The van der Waals surface area contributed by atoms with Crippen molar-refractivity contribution in [3.8, 4) is 5.75 Å². The third-order valence-electron chi connectivity index (χ3n) is 8.04. The van der Waals surface area contributed by atoms with Gasteiger partial charge in [0, 0.05) is 37.5 Å². The Balaban J connectivity index is 0.976. The smallest absolute Gasteiger partial charge is 0.149 e. The van der Waals surface area contributed by atoms with Crippen LogP contribution >= 0.6 is 0 Å².